The maximum absolute atomic E-state index is 3.90. The van der Waals surface area contributed by atoms with Gasteiger partial charge >= 0.3 is 0 Å². The molecule has 0 amide bonds. The quantitative estimate of drug-likeness (QED) is 0.462. The summed E-state index contributed by atoms with van der Waals surface area (Å²) < 4.78 is 0. The van der Waals surface area contributed by atoms with Crippen LogP contribution in [0.1, 0.15) is 44.7 Å². The van der Waals surface area contributed by atoms with Crippen molar-refractivity contribution >= 4 is 5.57 Å². The summed E-state index contributed by atoms with van der Waals surface area (Å²) in [6, 6.07) is 9.07. The van der Waals surface area contributed by atoms with Crippen molar-refractivity contribution in [1.82, 2.24) is 0 Å². The molecule has 0 saturated heterocycles. The SMILES string of the molecule is C=C/C=C(\C=C)C1=CC=C(Cc2ccc(/C(=C/C)C(C)C)cc2)CC1. The Morgan fingerprint density at radius 3 is 2.28 bits per heavy atom. The van der Waals surface area contributed by atoms with E-state index in [1.165, 1.54) is 33.4 Å². The molecule has 0 heteroatoms. The van der Waals surface area contributed by atoms with Crippen molar-refractivity contribution in [3.8, 4) is 0 Å². The third-order valence-corrected chi connectivity index (χ3v) is 4.78. The zero-order valence-corrected chi connectivity index (χ0v) is 15.9. The summed E-state index contributed by atoms with van der Waals surface area (Å²) in [4.78, 5) is 0. The molecule has 0 saturated carbocycles. The molecule has 0 aliphatic heterocycles. The van der Waals surface area contributed by atoms with Crippen LogP contribution in [0.25, 0.3) is 5.57 Å². The van der Waals surface area contributed by atoms with Crippen LogP contribution in [0.2, 0.25) is 0 Å². The monoisotopic (exact) mass is 330 g/mol. The standard InChI is InChI=1S/C25H30/c1-6-9-22(7-2)23-14-10-20(11-15-23)18-21-12-16-24(17-13-21)25(8-3)19(4)5/h6-10,12-14,16-17,19H,1-2,11,15,18H2,3-5H3/b22-9+,25-8+. The molecule has 130 valence electrons. The molecule has 1 aromatic carbocycles. The molecule has 2 rings (SSSR count). The van der Waals surface area contributed by atoms with Crippen LogP contribution in [0.4, 0.5) is 0 Å². The van der Waals surface area contributed by atoms with Gasteiger partial charge in [0, 0.05) is 0 Å². The lowest BCUT2D eigenvalue weighted by Gasteiger charge is -2.16. The molecule has 1 aliphatic rings. The number of benzene rings is 1. The molecule has 0 heterocycles. The highest BCUT2D eigenvalue weighted by molar-refractivity contribution is 5.66. The largest absolute Gasteiger partial charge is 0.0990 e. The van der Waals surface area contributed by atoms with Crippen molar-refractivity contribution < 1.29 is 0 Å². The van der Waals surface area contributed by atoms with Crippen LogP contribution in [-0.4, -0.2) is 0 Å². The predicted octanol–water partition coefficient (Wildman–Crippen LogP) is 7.23. The summed E-state index contributed by atoms with van der Waals surface area (Å²) in [5, 5.41) is 0. The molecule has 0 spiro atoms. The van der Waals surface area contributed by atoms with E-state index >= 15 is 0 Å². The smallest absolute Gasteiger partial charge is 0.00639 e. The number of hydrogen-bond donors (Lipinski definition) is 0. The normalized spacial score (nSPS) is 15.7. The average Bonchev–Trinajstić information content (AvgIpc) is 2.62. The molecule has 25 heavy (non-hydrogen) atoms. The number of allylic oxidation sites excluding steroid dienone is 10. The Balaban J connectivity index is 2.10. The second kappa shape index (κ2) is 9.22. The van der Waals surface area contributed by atoms with E-state index in [1.807, 2.05) is 18.2 Å². The van der Waals surface area contributed by atoms with Crippen LogP contribution in [0.5, 0.6) is 0 Å². The lowest BCUT2D eigenvalue weighted by atomic mass is 9.89. The third-order valence-electron chi connectivity index (χ3n) is 4.78. The van der Waals surface area contributed by atoms with Gasteiger partial charge in [0.25, 0.3) is 0 Å². The van der Waals surface area contributed by atoms with E-state index in [4.69, 9.17) is 0 Å². The molecule has 1 aromatic rings. The fourth-order valence-corrected chi connectivity index (χ4v) is 3.41. The van der Waals surface area contributed by atoms with Gasteiger partial charge in [-0.1, -0.05) is 93.3 Å². The van der Waals surface area contributed by atoms with Crippen molar-refractivity contribution in [3.63, 3.8) is 0 Å². The molecular formula is C25H30. The van der Waals surface area contributed by atoms with E-state index in [9.17, 15) is 0 Å². The Kier molecular flexibility index (Phi) is 7.01. The summed E-state index contributed by atoms with van der Waals surface area (Å²) in [5.41, 5.74) is 8.17. The molecule has 1 aliphatic carbocycles. The van der Waals surface area contributed by atoms with E-state index in [-0.39, 0.29) is 0 Å². The first-order chi connectivity index (χ1) is 12.1. The average molecular weight is 331 g/mol. The summed E-state index contributed by atoms with van der Waals surface area (Å²) >= 11 is 0. The molecule has 0 radical (unpaired) electrons. The third kappa shape index (κ3) is 5.06. The van der Waals surface area contributed by atoms with Crippen molar-refractivity contribution in [3.05, 3.63) is 102 Å². The maximum Gasteiger partial charge on any atom is -0.00639 e. The predicted molar refractivity (Wildman–Crippen MR) is 113 cm³/mol. The van der Waals surface area contributed by atoms with Crippen molar-refractivity contribution in [1.29, 1.82) is 0 Å². The van der Waals surface area contributed by atoms with Crippen LogP contribution in [-0.2, 0) is 6.42 Å². The van der Waals surface area contributed by atoms with Crippen LogP contribution in [0.3, 0.4) is 0 Å². The van der Waals surface area contributed by atoms with Gasteiger partial charge in [-0.3, -0.25) is 0 Å². The number of rotatable bonds is 7. The molecule has 0 unspecified atom stereocenters. The van der Waals surface area contributed by atoms with Crippen LogP contribution in [0.15, 0.2) is 90.6 Å². The Bertz CT molecular complexity index is 731. The molecule has 0 nitrogen and oxygen atoms in total. The Morgan fingerprint density at radius 1 is 1.08 bits per heavy atom. The summed E-state index contributed by atoms with van der Waals surface area (Å²) in [7, 11) is 0. The molecule has 0 N–H and O–H groups in total. The van der Waals surface area contributed by atoms with Gasteiger partial charge in [0.1, 0.15) is 0 Å². The fourth-order valence-electron chi connectivity index (χ4n) is 3.41. The van der Waals surface area contributed by atoms with Gasteiger partial charge in [-0.2, -0.15) is 0 Å². The van der Waals surface area contributed by atoms with E-state index < -0.39 is 0 Å². The summed E-state index contributed by atoms with van der Waals surface area (Å²) in [6.07, 6.45) is 15.7. The van der Waals surface area contributed by atoms with Gasteiger partial charge in [-0.15, -0.1) is 0 Å². The molecule has 0 aromatic heterocycles. The fraction of sp³-hybridized carbons (Fsp3) is 0.280. The second-order valence-electron chi connectivity index (χ2n) is 6.85. The molecular weight excluding hydrogens is 300 g/mol. The highest BCUT2D eigenvalue weighted by atomic mass is 14.1. The first-order valence-electron chi connectivity index (χ1n) is 9.18. The van der Waals surface area contributed by atoms with Crippen molar-refractivity contribution in [2.45, 2.75) is 40.0 Å². The zero-order chi connectivity index (χ0) is 18.2. The van der Waals surface area contributed by atoms with E-state index in [1.54, 1.807) is 0 Å². The first-order valence-corrected chi connectivity index (χ1v) is 9.18. The van der Waals surface area contributed by atoms with Gasteiger partial charge in [-0.05, 0) is 60.0 Å². The minimum Gasteiger partial charge on any atom is -0.0990 e. The van der Waals surface area contributed by atoms with Crippen LogP contribution < -0.4 is 0 Å². The second-order valence-corrected chi connectivity index (χ2v) is 6.85. The van der Waals surface area contributed by atoms with Gasteiger partial charge < -0.3 is 0 Å². The van der Waals surface area contributed by atoms with Gasteiger partial charge in [0.2, 0.25) is 0 Å². The van der Waals surface area contributed by atoms with E-state index in [0.717, 1.165) is 19.3 Å². The zero-order valence-electron chi connectivity index (χ0n) is 15.9. The van der Waals surface area contributed by atoms with Crippen molar-refractivity contribution in [2.24, 2.45) is 5.92 Å². The Morgan fingerprint density at radius 2 is 1.80 bits per heavy atom. The molecule has 0 fully saturated rings. The Labute approximate surface area is 153 Å². The summed E-state index contributed by atoms with van der Waals surface area (Å²) in [6.45, 7) is 14.3. The van der Waals surface area contributed by atoms with Gasteiger partial charge in [-0.25, -0.2) is 0 Å². The molecule has 0 atom stereocenters. The van der Waals surface area contributed by atoms with Crippen molar-refractivity contribution in [2.75, 3.05) is 0 Å². The Hall–Kier alpha value is -2.34. The van der Waals surface area contributed by atoms with E-state index in [0.29, 0.717) is 5.92 Å². The minimum absolute atomic E-state index is 0.558. The maximum atomic E-state index is 3.90. The van der Waals surface area contributed by atoms with E-state index in [2.05, 4.69) is 76.4 Å². The minimum atomic E-state index is 0.558. The molecule has 0 bridgehead atoms. The lowest BCUT2D eigenvalue weighted by Crippen LogP contribution is -1.99. The lowest BCUT2D eigenvalue weighted by molar-refractivity contribution is 0.853. The highest BCUT2D eigenvalue weighted by Gasteiger charge is 2.10. The van der Waals surface area contributed by atoms with Crippen LogP contribution >= 0.6 is 0 Å². The van der Waals surface area contributed by atoms with Gasteiger partial charge in [0.05, 0.1) is 0 Å². The van der Waals surface area contributed by atoms with Crippen LogP contribution in [0, 0.1) is 5.92 Å². The van der Waals surface area contributed by atoms with Gasteiger partial charge in [0.15, 0.2) is 0 Å². The topological polar surface area (TPSA) is 0 Å². The number of hydrogen-bond acceptors (Lipinski definition) is 0. The summed E-state index contributed by atoms with van der Waals surface area (Å²) in [5.74, 6) is 0.558. The highest BCUT2D eigenvalue weighted by Crippen LogP contribution is 2.28. The first kappa shape index (κ1) is 19.0.